The van der Waals surface area contributed by atoms with Gasteiger partial charge in [-0.25, -0.2) is 0 Å². The van der Waals surface area contributed by atoms with Crippen LogP contribution in [0.4, 0.5) is 5.69 Å². The van der Waals surface area contributed by atoms with Gasteiger partial charge in [-0.2, -0.15) is 0 Å². The molecule has 128 valence electrons. The van der Waals surface area contributed by atoms with Crippen LogP contribution in [0.5, 0.6) is 5.75 Å². The second-order valence-electron chi connectivity index (χ2n) is 6.63. The van der Waals surface area contributed by atoms with Crippen molar-refractivity contribution < 1.29 is 9.53 Å². The van der Waals surface area contributed by atoms with E-state index >= 15 is 0 Å². The lowest BCUT2D eigenvalue weighted by molar-refractivity contribution is -0.122. The second-order valence-corrected chi connectivity index (χ2v) is 7.41. The van der Waals surface area contributed by atoms with Crippen molar-refractivity contribution in [3.8, 4) is 5.75 Å². The Bertz CT molecular complexity index is 721. The van der Waals surface area contributed by atoms with Crippen LogP contribution >= 0.6 is 23.2 Å². The minimum atomic E-state index is -0.666. The van der Waals surface area contributed by atoms with Gasteiger partial charge >= 0.3 is 0 Å². The van der Waals surface area contributed by atoms with Gasteiger partial charge < -0.3 is 10.1 Å². The van der Waals surface area contributed by atoms with Crippen molar-refractivity contribution in [3.05, 3.63) is 58.1 Å². The van der Waals surface area contributed by atoms with Crippen LogP contribution in [0.3, 0.4) is 0 Å². The van der Waals surface area contributed by atoms with E-state index < -0.39 is 6.10 Å². The summed E-state index contributed by atoms with van der Waals surface area (Å²) in [6.07, 6.45) is -0.666. The molecule has 1 atom stereocenters. The van der Waals surface area contributed by atoms with Crippen molar-refractivity contribution in [3.63, 3.8) is 0 Å². The Morgan fingerprint density at radius 3 is 2.29 bits per heavy atom. The molecular formula is C19H21Cl2NO2. The summed E-state index contributed by atoms with van der Waals surface area (Å²) < 4.78 is 5.70. The highest BCUT2D eigenvalue weighted by molar-refractivity contribution is 6.44. The molecule has 0 saturated heterocycles. The predicted molar refractivity (Wildman–Crippen MR) is 100 cm³/mol. The summed E-state index contributed by atoms with van der Waals surface area (Å²) >= 11 is 12.0. The minimum Gasteiger partial charge on any atom is -0.481 e. The number of amides is 1. The van der Waals surface area contributed by atoms with Crippen LogP contribution in [0.15, 0.2) is 42.5 Å². The van der Waals surface area contributed by atoms with E-state index in [2.05, 4.69) is 26.1 Å². The van der Waals surface area contributed by atoms with E-state index in [-0.39, 0.29) is 11.3 Å². The molecule has 1 N–H and O–H groups in total. The number of hydrogen-bond donors (Lipinski definition) is 1. The number of halogens is 2. The molecule has 0 aliphatic rings. The summed E-state index contributed by atoms with van der Waals surface area (Å²) in [5, 5.41) is 3.43. The molecule has 0 spiro atoms. The third-order valence-corrected chi connectivity index (χ3v) is 4.43. The molecule has 2 aromatic rings. The van der Waals surface area contributed by atoms with Gasteiger partial charge in [0.15, 0.2) is 6.10 Å². The average molecular weight is 366 g/mol. The first-order valence-corrected chi connectivity index (χ1v) is 8.46. The lowest BCUT2D eigenvalue weighted by Crippen LogP contribution is -2.30. The lowest BCUT2D eigenvalue weighted by Gasteiger charge is -2.20. The van der Waals surface area contributed by atoms with Gasteiger partial charge in [-0.05, 0) is 42.2 Å². The van der Waals surface area contributed by atoms with Gasteiger partial charge in [-0.15, -0.1) is 0 Å². The largest absolute Gasteiger partial charge is 0.481 e. The quantitative estimate of drug-likeness (QED) is 0.754. The Morgan fingerprint density at radius 1 is 1.08 bits per heavy atom. The number of benzene rings is 2. The van der Waals surface area contributed by atoms with Crippen molar-refractivity contribution >= 4 is 34.8 Å². The molecule has 0 bridgehead atoms. The Morgan fingerprint density at radius 2 is 1.71 bits per heavy atom. The van der Waals surface area contributed by atoms with Gasteiger partial charge in [0, 0.05) is 0 Å². The molecule has 0 heterocycles. The van der Waals surface area contributed by atoms with Gasteiger partial charge in [0.2, 0.25) is 0 Å². The van der Waals surface area contributed by atoms with Gasteiger partial charge in [0.1, 0.15) is 5.75 Å². The first-order chi connectivity index (χ1) is 11.2. The number of anilines is 1. The highest BCUT2D eigenvalue weighted by atomic mass is 35.5. The SMILES string of the molecule is C[C@@H](Oc1ccc(C(C)(C)C)cc1)C(=O)Nc1cccc(Cl)c1Cl. The van der Waals surface area contributed by atoms with Crippen molar-refractivity contribution in [2.45, 2.75) is 39.2 Å². The molecule has 0 radical (unpaired) electrons. The van der Waals surface area contributed by atoms with Crippen LogP contribution in [0.1, 0.15) is 33.3 Å². The Kier molecular flexibility index (Phi) is 5.79. The number of ether oxygens (including phenoxy) is 1. The topological polar surface area (TPSA) is 38.3 Å². The Balaban J connectivity index is 2.02. The van der Waals surface area contributed by atoms with E-state index in [1.165, 1.54) is 5.56 Å². The average Bonchev–Trinajstić information content (AvgIpc) is 2.51. The summed E-state index contributed by atoms with van der Waals surface area (Å²) in [4.78, 5) is 12.3. The number of carbonyl (C=O) groups is 1. The first-order valence-electron chi connectivity index (χ1n) is 7.70. The predicted octanol–water partition coefficient (Wildman–Crippen LogP) is 5.70. The van der Waals surface area contributed by atoms with Crippen LogP contribution in [0.25, 0.3) is 0 Å². The first kappa shape index (κ1) is 18.6. The number of rotatable bonds is 4. The maximum atomic E-state index is 12.3. The van der Waals surface area contributed by atoms with Crippen LogP contribution in [0, 0.1) is 0 Å². The molecule has 0 fully saturated rings. The maximum Gasteiger partial charge on any atom is 0.265 e. The fraction of sp³-hybridized carbons (Fsp3) is 0.316. The van der Waals surface area contributed by atoms with Crippen molar-refractivity contribution in [1.82, 2.24) is 0 Å². The molecule has 0 unspecified atom stereocenters. The fourth-order valence-corrected chi connectivity index (χ4v) is 2.47. The highest BCUT2D eigenvalue weighted by Gasteiger charge is 2.18. The molecule has 0 aliphatic heterocycles. The van der Waals surface area contributed by atoms with Crippen LogP contribution in [0.2, 0.25) is 10.0 Å². The zero-order valence-electron chi connectivity index (χ0n) is 14.2. The Labute approximate surface area is 152 Å². The van der Waals surface area contributed by atoms with E-state index in [0.29, 0.717) is 21.5 Å². The van der Waals surface area contributed by atoms with Crippen LogP contribution in [-0.4, -0.2) is 12.0 Å². The van der Waals surface area contributed by atoms with Crippen molar-refractivity contribution in [2.75, 3.05) is 5.32 Å². The molecule has 24 heavy (non-hydrogen) atoms. The van der Waals surface area contributed by atoms with E-state index in [1.807, 2.05) is 24.3 Å². The molecular weight excluding hydrogens is 345 g/mol. The normalized spacial score (nSPS) is 12.6. The summed E-state index contributed by atoms with van der Waals surface area (Å²) in [5.74, 6) is 0.349. The van der Waals surface area contributed by atoms with E-state index in [0.717, 1.165) is 0 Å². The van der Waals surface area contributed by atoms with Crippen molar-refractivity contribution in [2.24, 2.45) is 0 Å². The van der Waals surface area contributed by atoms with E-state index in [4.69, 9.17) is 27.9 Å². The van der Waals surface area contributed by atoms with Crippen molar-refractivity contribution in [1.29, 1.82) is 0 Å². The summed E-state index contributed by atoms with van der Waals surface area (Å²) in [5.41, 5.74) is 1.75. The second kappa shape index (κ2) is 7.45. The molecule has 0 saturated carbocycles. The van der Waals surface area contributed by atoms with Gasteiger partial charge in [0.25, 0.3) is 5.91 Å². The minimum absolute atomic E-state index is 0.0743. The highest BCUT2D eigenvalue weighted by Crippen LogP contribution is 2.30. The van der Waals surface area contributed by atoms with Gasteiger partial charge in [-0.1, -0.05) is 62.2 Å². The lowest BCUT2D eigenvalue weighted by atomic mass is 9.87. The summed E-state index contributed by atoms with van der Waals surface area (Å²) in [6, 6.07) is 12.8. The summed E-state index contributed by atoms with van der Waals surface area (Å²) in [7, 11) is 0. The number of hydrogen-bond acceptors (Lipinski definition) is 2. The van der Waals surface area contributed by atoms with Crippen LogP contribution < -0.4 is 10.1 Å². The monoisotopic (exact) mass is 365 g/mol. The molecule has 2 aromatic carbocycles. The zero-order valence-corrected chi connectivity index (χ0v) is 15.7. The molecule has 1 amide bonds. The fourth-order valence-electron chi connectivity index (χ4n) is 2.13. The van der Waals surface area contributed by atoms with E-state index in [9.17, 15) is 4.79 Å². The standard InChI is InChI=1S/C19H21Cl2NO2/c1-12(18(23)22-16-7-5-6-15(20)17(16)21)24-14-10-8-13(9-11-14)19(2,3)4/h5-12H,1-4H3,(H,22,23)/t12-/m1/s1. The third-order valence-electron chi connectivity index (χ3n) is 3.61. The number of carbonyl (C=O) groups excluding carboxylic acids is 1. The third kappa shape index (κ3) is 4.65. The van der Waals surface area contributed by atoms with E-state index in [1.54, 1.807) is 25.1 Å². The molecule has 3 nitrogen and oxygen atoms in total. The molecule has 0 aromatic heterocycles. The zero-order chi connectivity index (χ0) is 17.9. The maximum absolute atomic E-state index is 12.3. The molecule has 0 aliphatic carbocycles. The van der Waals surface area contributed by atoms with Gasteiger partial charge in [-0.3, -0.25) is 4.79 Å². The summed E-state index contributed by atoms with van der Waals surface area (Å²) in [6.45, 7) is 8.13. The molecule has 5 heteroatoms. The molecule has 2 rings (SSSR count). The van der Waals surface area contributed by atoms with Crippen LogP contribution in [-0.2, 0) is 10.2 Å². The number of nitrogens with one attached hydrogen (secondary N) is 1. The smallest absolute Gasteiger partial charge is 0.265 e. The Hall–Kier alpha value is -1.71. The van der Waals surface area contributed by atoms with Gasteiger partial charge in [0.05, 0.1) is 15.7 Å².